The zero-order valence-corrected chi connectivity index (χ0v) is 22.3. The summed E-state index contributed by atoms with van der Waals surface area (Å²) in [5, 5.41) is 6.43. The van der Waals surface area contributed by atoms with Crippen molar-refractivity contribution in [2.45, 2.75) is 0 Å². The lowest BCUT2D eigenvalue weighted by molar-refractivity contribution is 0.668. The third-order valence-corrected chi connectivity index (χ3v) is 7.91. The lowest BCUT2D eigenvalue weighted by atomic mass is 10.1. The Kier molecular flexibility index (Phi) is 4.80. The average molecular weight is 540 g/mol. The Morgan fingerprint density at radius 3 is 2.00 bits per heavy atom. The van der Waals surface area contributed by atoms with Gasteiger partial charge in [-0.25, -0.2) is 4.98 Å². The van der Waals surface area contributed by atoms with Gasteiger partial charge in [0.25, 0.3) is 0 Å². The summed E-state index contributed by atoms with van der Waals surface area (Å²) in [4.78, 5) is 20.1. The number of rotatable bonds is 3. The van der Waals surface area contributed by atoms with Gasteiger partial charge in [0.1, 0.15) is 16.9 Å². The first kappa shape index (κ1) is 22.9. The van der Waals surface area contributed by atoms with Crippen molar-refractivity contribution < 1.29 is 4.42 Å². The molecule has 5 aromatic carbocycles. The average Bonchev–Trinajstić information content (AvgIpc) is 3.60. The van der Waals surface area contributed by atoms with E-state index in [4.69, 9.17) is 24.4 Å². The summed E-state index contributed by atoms with van der Waals surface area (Å²) >= 11 is 0. The first-order valence-electron chi connectivity index (χ1n) is 13.8. The lowest BCUT2D eigenvalue weighted by Gasteiger charge is -2.11. The second-order valence-electron chi connectivity index (χ2n) is 10.3. The maximum absolute atomic E-state index is 6.18. The van der Waals surface area contributed by atoms with Crippen molar-refractivity contribution in [3.05, 3.63) is 128 Å². The summed E-state index contributed by atoms with van der Waals surface area (Å²) in [6.07, 6.45) is 1.75. The highest BCUT2D eigenvalue weighted by atomic mass is 16.3. The summed E-state index contributed by atoms with van der Waals surface area (Å²) in [6.45, 7) is 0. The molecule has 0 fully saturated rings. The molecule has 0 bridgehead atoms. The van der Waals surface area contributed by atoms with Crippen molar-refractivity contribution in [3.63, 3.8) is 0 Å². The molecule has 9 rings (SSSR count). The number of hydrogen-bond acceptors (Lipinski definition) is 5. The summed E-state index contributed by atoms with van der Waals surface area (Å²) in [5.41, 5.74) is 5.16. The van der Waals surface area contributed by atoms with Gasteiger partial charge in [0, 0.05) is 27.9 Å². The monoisotopic (exact) mass is 539 g/mol. The predicted molar refractivity (Wildman–Crippen MR) is 168 cm³/mol. The molecule has 6 heteroatoms. The van der Waals surface area contributed by atoms with Crippen LogP contribution in [0.2, 0.25) is 0 Å². The molecule has 4 aromatic heterocycles. The fourth-order valence-corrected chi connectivity index (χ4v) is 6.01. The Balaban J connectivity index is 1.38. The van der Waals surface area contributed by atoms with E-state index in [0.29, 0.717) is 23.3 Å². The van der Waals surface area contributed by atoms with Gasteiger partial charge in [-0.1, -0.05) is 91.0 Å². The van der Waals surface area contributed by atoms with E-state index >= 15 is 0 Å². The molecular formula is C36H21N5O. The molecule has 0 unspecified atom stereocenters. The number of hydrogen-bond donors (Lipinski definition) is 0. The van der Waals surface area contributed by atoms with Gasteiger partial charge in [-0.05, 0) is 41.1 Å². The van der Waals surface area contributed by atoms with Gasteiger partial charge in [-0.2, -0.15) is 9.97 Å². The molecule has 0 amide bonds. The van der Waals surface area contributed by atoms with Gasteiger partial charge in [0.2, 0.25) is 5.95 Å². The molecule has 196 valence electrons. The van der Waals surface area contributed by atoms with Crippen molar-refractivity contribution in [1.29, 1.82) is 0 Å². The molecule has 42 heavy (non-hydrogen) atoms. The number of fused-ring (bicyclic) bond motifs is 7. The van der Waals surface area contributed by atoms with Crippen LogP contribution in [-0.2, 0) is 0 Å². The first-order chi connectivity index (χ1) is 20.8. The minimum Gasteiger partial charge on any atom is -0.456 e. The highest BCUT2D eigenvalue weighted by Crippen LogP contribution is 2.36. The Morgan fingerprint density at radius 2 is 1.19 bits per heavy atom. The van der Waals surface area contributed by atoms with Crippen molar-refractivity contribution in [1.82, 2.24) is 24.5 Å². The third-order valence-electron chi connectivity index (χ3n) is 7.91. The van der Waals surface area contributed by atoms with Crippen LogP contribution in [-0.4, -0.2) is 24.5 Å². The Bertz CT molecular complexity index is 2440. The standard InChI is InChI=1S/C36H21N5O/c1-2-10-23-21-24(18-17-22(23)9-1)34-38-35(33-32-27-13-5-8-16-30(27)42-31(32)19-20-37-33)40-36(39-34)41-28-14-6-3-11-25(28)26-12-4-7-15-29(26)41/h1-21H. The van der Waals surface area contributed by atoms with Crippen molar-refractivity contribution in [2.24, 2.45) is 0 Å². The highest BCUT2D eigenvalue weighted by molar-refractivity contribution is 6.11. The molecular weight excluding hydrogens is 518 g/mol. The topological polar surface area (TPSA) is 69.6 Å². The van der Waals surface area contributed by atoms with Crippen LogP contribution in [0, 0.1) is 0 Å². The third kappa shape index (κ3) is 3.39. The van der Waals surface area contributed by atoms with Crippen LogP contribution in [0.15, 0.2) is 132 Å². The molecule has 0 saturated carbocycles. The van der Waals surface area contributed by atoms with Crippen molar-refractivity contribution in [2.75, 3.05) is 0 Å². The second-order valence-corrected chi connectivity index (χ2v) is 10.3. The minimum atomic E-state index is 0.488. The number of aromatic nitrogens is 5. The zero-order chi connectivity index (χ0) is 27.6. The Hall–Kier alpha value is -5.88. The minimum absolute atomic E-state index is 0.488. The van der Waals surface area contributed by atoms with E-state index in [2.05, 4.69) is 71.3 Å². The molecule has 0 spiro atoms. The Morgan fingerprint density at radius 1 is 0.524 bits per heavy atom. The van der Waals surface area contributed by atoms with Gasteiger partial charge < -0.3 is 4.42 Å². The smallest absolute Gasteiger partial charge is 0.238 e. The summed E-state index contributed by atoms with van der Waals surface area (Å²) in [5.74, 6) is 1.60. The normalized spacial score (nSPS) is 11.8. The van der Waals surface area contributed by atoms with Gasteiger partial charge in [0.15, 0.2) is 11.6 Å². The van der Waals surface area contributed by atoms with Crippen LogP contribution in [0.5, 0.6) is 0 Å². The molecule has 0 atom stereocenters. The van der Waals surface area contributed by atoms with E-state index < -0.39 is 0 Å². The molecule has 0 aliphatic carbocycles. The summed E-state index contributed by atoms with van der Waals surface area (Å²) in [6, 6.07) is 41.2. The van der Waals surface area contributed by atoms with E-state index in [1.54, 1.807) is 6.20 Å². The largest absolute Gasteiger partial charge is 0.456 e. The SMILES string of the molecule is c1ccc2cc(-c3nc(-c4nccc5oc6ccccc6c45)nc(-n4c5ccccc5c5ccccc54)n3)ccc2c1. The highest BCUT2D eigenvalue weighted by Gasteiger charge is 2.21. The summed E-state index contributed by atoms with van der Waals surface area (Å²) in [7, 11) is 0. The number of benzene rings is 5. The molecule has 6 nitrogen and oxygen atoms in total. The van der Waals surface area contributed by atoms with Gasteiger partial charge >= 0.3 is 0 Å². The molecule has 0 radical (unpaired) electrons. The number of nitrogens with zero attached hydrogens (tertiary/aromatic N) is 5. The molecule has 0 N–H and O–H groups in total. The number of pyridine rings is 1. The van der Waals surface area contributed by atoms with E-state index in [1.165, 1.54) is 0 Å². The molecule has 9 aromatic rings. The van der Waals surface area contributed by atoms with Crippen LogP contribution in [0.25, 0.3) is 83.4 Å². The van der Waals surface area contributed by atoms with Crippen LogP contribution >= 0.6 is 0 Å². The number of para-hydroxylation sites is 3. The van der Waals surface area contributed by atoms with E-state index in [-0.39, 0.29) is 0 Å². The maximum atomic E-state index is 6.18. The zero-order valence-electron chi connectivity index (χ0n) is 22.3. The lowest BCUT2D eigenvalue weighted by Crippen LogP contribution is -2.07. The van der Waals surface area contributed by atoms with Crippen LogP contribution in [0.1, 0.15) is 0 Å². The van der Waals surface area contributed by atoms with Gasteiger partial charge in [-0.3, -0.25) is 9.55 Å². The molecule has 0 aliphatic heterocycles. The van der Waals surface area contributed by atoms with Gasteiger partial charge in [0.05, 0.1) is 16.4 Å². The quantitative estimate of drug-likeness (QED) is 0.224. The van der Waals surface area contributed by atoms with E-state index in [1.807, 2.05) is 54.6 Å². The van der Waals surface area contributed by atoms with Crippen LogP contribution < -0.4 is 0 Å². The second kappa shape index (κ2) is 8.81. The van der Waals surface area contributed by atoms with Crippen LogP contribution in [0.4, 0.5) is 0 Å². The predicted octanol–water partition coefficient (Wildman–Crippen LogP) is 8.75. The number of furan rings is 1. The van der Waals surface area contributed by atoms with E-state index in [9.17, 15) is 0 Å². The molecule has 4 heterocycles. The summed E-state index contributed by atoms with van der Waals surface area (Å²) < 4.78 is 8.30. The molecule has 0 saturated heterocycles. The fraction of sp³-hybridized carbons (Fsp3) is 0. The Labute approximate surface area is 239 Å². The maximum Gasteiger partial charge on any atom is 0.238 e. The molecule has 0 aliphatic rings. The van der Waals surface area contributed by atoms with Crippen molar-refractivity contribution in [3.8, 4) is 28.9 Å². The van der Waals surface area contributed by atoms with Gasteiger partial charge in [-0.15, -0.1) is 0 Å². The first-order valence-corrected chi connectivity index (χ1v) is 13.8. The fourth-order valence-electron chi connectivity index (χ4n) is 6.01. The van der Waals surface area contributed by atoms with Crippen LogP contribution in [0.3, 0.4) is 0 Å². The van der Waals surface area contributed by atoms with E-state index in [0.717, 1.165) is 60.1 Å². The van der Waals surface area contributed by atoms with Crippen molar-refractivity contribution >= 4 is 54.5 Å².